The molecule has 0 aromatic heterocycles. The van der Waals surface area contributed by atoms with E-state index in [4.69, 9.17) is 23.8 Å². The van der Waals surface area contributed by atoms with Crippen LogP contribution in [0.25, 0.3) is 0 Å². The van der Waals surface area contributed by atoms with E-state index >= 15 is 0 Å². The van der Waals surface area contributed by atoms with Crippen LogP contribution in [0.4, 0.5) is 0 Å². The van der Waals surface area contributed by atoms with Crippen LogP contribution in [0.5, 0.6) is 0 Å². The molecule has 1 N–H and O–H groups in total. The Labute approximate surface area is 100 Å². The number of hydrogen-bond acceptors (Lipinski definition) is 1. The number of halogens is 1. The Bertz CT molecular complexity index is 381. The summed E-state index contributed by atoms with van der Waals surface area (Å²) in [6, 6.07) is 8.22. The molecule has 1 aliphatic rings. The summed E-state index contributed by atoms with van der Waals surface area (Å²) in [5.74, 6) is 0. The van der Waals surface area contributed by atoms with E-state index in [2.05, 4.69) is 23.2 Å². The van der Waals surface area contributed by atoms with Crippen LogP contribution in [0.3, 0.4) is 0 Å². The zero-order valence-electron chi connectivity index (χ0n) is 8.53. The van der Waals surface area contributed by atoms with Gasteiger partial charge in [0.25, 0.3) is 0 Å². The number of nitrogens with zero attached hydrogens (tertiary/aromatic N) is 1. The Kier molecular flexibility index (Phi) is 3.12. The van der Waals surface area contributed by atoms with Gasteiger partial charge in [-0.25, -0.2) is 0 Å². The molecule has 1 fully saturated rings. The zero-order chi connectivity index (χ0) is 10.8. The molecule has 0 amide bonds. The predicted octanol–water partition coefficient (Wildman–Crippen LogP) is 2.59. The van der Waals surface area contributed by atoms with Gasteiger partial charge in [0.05, 0.1) is 6.04 Å². The third-order valence-corrected chi connectivity index (χ3v) is 3.41. The van der Waals surface area contributed by atoms with Gasteiger partial charge in [0.2, 0.25) is 0 Å². The van der Waals surface area contributed by atoms with Crippen molar-refractivity contribution >= 4 is 28.9 Å². The quantitative estimate of drug-likeness (QED) is 0.800. The number of benzene rings is 1. The van der Waals surface area contributed by atoms with E-state index < -0.39 is 0 Å². The average molecular weight is 241 g/mol. The van der Waals surface area contributed by atoms with Crippen molar-refractivity contribution in [1.29, 1.82) is 0 Å². The fourth-order valence-electron chi connectivity index (χ4n) is 1.92. The van der Waals surface area contributed by atoms with Gasteiger partial charge in [0.1, 0.15) is 0 Å². The SMILES string of the molecule is CCN1C(=S)NCC1c1ccccc1Cl. The molecule has 1 heterocycles. The van der Waals surface area contributed by atoms with E-state index in [1.165, 1.54) is 0 Å². The normalized spacial score (nSPS) is 20.5. The fourth-order valence-corrected chi connectivity index (χ4v) is 2.53. The maximum atomic E-state index is 6.18. The lowest BCUT2D eigenvalue weighted by atomic mass is 10.1. The molecule has 1 saturated heterocycles. The number of likely N-dealkylation sites (N-methyl/N-ethyl adjacent to an activating group) is 1. The van der Waals surface area contributed by atoms with Gasteiger partial charge in [-0.3, -0.25) is 0 Å². The molecule has 1 atom stereocenters. The Balaban J connectivity index is 2.32. The second kappa shape index (κ2) is 4.37. The average Bonchev–Trinajstić information content (AvgIpc) is 2.60. The monoisotopic (exact) mass is 240 g/mol. The van der Waals surface area contributed by atoms with Crippen LogP contribution in [0.1, 0.15) is 18.5 Å². The van der Waals surface area contributed by atoms with Crippen molar-refractivity contribution in [2.45, 2.75) is 13.0 Å². The third-order valence-electron chi connectivity index (χ3n) is 2.69. The molecule has 15 heavy (non-hydrogen) atoms. The number of hydrogen-bond donors (Lipinski definition) is 1. The zero-order valence-corrected chi connectivity index (χ0v) is 10.1. The minimum Gasteiger partial charge on any atom is -0.360 e. The fraction of sp³-hybridized carbons (Fsp3) is 0.364. The summed E-state index contributed by atoms with van der Waals surface area (Å²) < 4.78 is 0. The van der Waals surface area contributed by atoms with Gasteiger partial charge in [-0.2, -0.15) is 0 Å². The lowest BCUT2D eigenvalue weighted by molar-refractivity contribution is 0.378. The van der Waals surface area contributed by atoms with Crippen molar-refractivity contribution < 1.29 is 0 Å². The van der Waals surface area contributed by atoms with Gasteiger partial charge >= 0.3 is 0 Å². The van der Waals surface area contributed by atoms with Gasteiger partial charge in [-0.05, 0) is 30.8 Å². The Morgan fingerprint density at radius 1 is 1.53 bits per heavy atom. The standard InChI is InChI=1S/C11H13ClN2S/c1-2-14-10(7-13-11(14)15)8-5-3-4-6-9(8)12/h3-6,10H,2,7H2,1H3,(H,13,15). The maximum absolute atomic E-state index is 6.18. The van der Waals surface area contributed by atoms with Crippen LogP contribution in [0.15, 0.2) is 24.3 Å². The summed E-state index contributed by atoms with van der Waals surface area (Å²) in [7, 11) is 0. The number of thiocarbonyl (C=S) groups is 1. The first-order chi connectivity index (χ1) is 7.24. The molecule has 0 bridgehead atoms. The predicted molar refractivity (Wildman–Crippen MR) is 67.2 cm³/mol. The van der Waals surface area contributed by atoms with Gasteiger partial charge in [0, 0.05) is 18.1 Å². The third kappa shape index (κ3) is 1.94. The van der Waals surface area contributed by atoms with Crippen molar-refractivity contribution in [2.75, 3.05) is 13.1 Å². The molecule has 0 aliphatic carbocycles. The molecule has 1 aliphatic heterocycles. The van der Waals surface area contributed by atoms with Crippen molar-refractivity contribution in [2.24, 2.45) is 0 Å². The van der Waals surface area contributed by atoms with Gasteiger partial charge in [-0.1, -0.05) is 29.8 Å². The van der Waals surface area contributed by atoms with Gasteiger partial charge < -0.3 is 10.2 Å². The highest BCUT2D eigenvalue weighted by Gasteiger charge is 2.28. The summed E-state index contributed by atoms with van der Waals surface area (Å²) in [4.78, 5) is 2.16. The highest BCUT2D eigenvalue weighted by molar-refractivity contribution is 7.80. The molecule has 1 aromatic carbocycles. The number of rotatable bonds is 2. The minimum atomic E-state index is 0.274. The van der Waals surface area contributed by atoms with E-state index in [0.717, 1.165) is 28.8 Å². The maximum Gasteiger partial charge on any atom is 0.169 e. The summed E-state index contributed by atoms with van der Waals surface area (Å²) >= 11 is 11.4. The topological polar surface area (TPSA) is 15.3 Å². The van der Waals surface area contributed by atoms with E-state index in [9.17, 15) is 0 Å². The summed E-state index contributed by atoms with van der Waals surface area (Å²) in [6.45, 7) is 3.85. The van der Waals surface area contributed by atoms with Gasteiger partial charge in [-0.15, -0.1) is 0 Å². The molecule has 80 valence electrons. The Morgan fingerprint density at radius 3 is 2.93 bits per heavy atom. The van der Waals surface area contributed by atoms with E-state index in [-0.39, 0.29) is 6.04 Å². The molecule has 0 radical (unpaired) electrons. The van der Waals surface area contributed by atoms with E-state index in [0.29, 0.717) is 0 Å². The first-order valence-corrected chi connectivity index (χ1v) is 5.81. The first-order valence-electron chi connectivity index (χ1n) is 5.03. The van der Waals surface area contributed by atoms with Crippen molar-refractivity contribution in [3.8, 4) is 0 Å². The molecule has 1 aromatic rings. The van der Waals surface area contributed by atoms with Crippen LogP contribution in [-0.2, 0) is 0 Å². The molecule has 4 heteroatoms. The highest BCUT2D eigenvalue weighted by Crippen LogP contribution is 2.29. The lowest BCUT2D eigenvalue weighted by Gasteiger charge is -2.24. The minimum absolute atomic E-state index is 0.274. The first kappa shape index (κ1) is 10.7. The largest absolute Gasteiger partial charge is 0.360 e. The molecule has 2 nitrogen and oxygen atoms in total. The Morgan fingerprint density at radius 2 is 2.27 bits per heavy atom. The van der Waals surface area contributed by atoms with Crippen LogP contribution < -0.4 is 5.32 Å². The van der Waals surface area contributed by atoms with E-state index in [1.54, 1.807) is 0 Å². The molecular weight excluding hydrogens is 228 g/mol. The summed E-state index contributed by atoms with van der Waals surface area (Å²) in [5, 5.41) is 4.83. The molecule has 2 rings (SSSR count). The van der Waals surface area contributed by atoms with Crippen LogP contribution >= 0.6 is 23.8 Å². The molecule has 0 saturated carbocycles. The summed E-state index contributed by atoms with van der Waals surface area (Å²) in [5.41, 5.74) is 1.15. The second-order valence-electron chi connectivity index (χ2n) is 3.51. The second-order valence-corrected chi connectivity index (χ2v) is 4.30. The summed E-state index contributed by atoms with van der Waals surface area (Å²) in [6.07, 6.45) is 0. The van der Waals surface area contributed by atoms with Crippen molar-refractivity contribution in [3.63, 3.8) is 0 Å². The van der Waals surface area contributed by atoms with Crippen LogP contribution in [-0.4, -0.2) is 23.1 Å². The molecular formula is C11H13ClN2S. The van der Waals surface area contributed by atoms with Crippen LogP contribution in [0, 0.1) is 0 Å². The van der Waals surface area contributed by atoms with Crippen LogP contribution in [0.2, 0.25) is 5.02 Å². The molecule has 0 spiro atoms. The lowest BCUT2D eigenvalue weighted by Crippen LogP contribution is -2.29. The highest BCUT2D eigenvalue weighted by atomic mass is 35.5. The van der Waals surface area contributed by atoms with E-state index in [1.807, 2.05) is 18.2 Å². The van der Waals surface area contributed by atoms with Gasteiger partial charge in [0.15, 0.2) is 5.11 Å². The van der Waals surface area contributed by atoms with Crippen molar-refractivity contribution in [3.05, 3.63) is 34.9 Å². The molecule has 1 unspecified atom stereocenters. The Hall–Kier alpha value is -0.800. The smallest absolute Gasteiger partial charge is 0.169 e. The van der Waals surface area contributed by atoms with Crippen molar-refractivity contribution in [1.82, 2.24) is 10.2 Å². The number of nitrogens with one attached hydrogen (secondary N) is 1.